The van der Waals surface area contributed by atoms with E-state index in [1.165, 1.54) is 0 Å². The van der Waals surface area contributed by atoms with Crippen molar-refractivity contribution in [2.45, 2.75) is 0 Å². The fourth-order valence-electron chi connectivity index (χ4n) is 0.485. The first-order chi connectivity index (χ1) is 3.93. The minimum atomic E-state index is 0.556. The molecule has 0 bridgehead atoms. The molecular formula is C5H7N2O. The van der Waals surface area contributed by atoms with Crippen LogP contribution in [0.1, 0.15) is 0 Å². The molecule has 0 saturated heterocycles. The second-order valence-corrected chi connectivity index (χ2v) is 1.46. The average Bonchev–Trinajstić information content (AvgIpc) is 2.19. The average molecular weight is 111 g/mol. The lowest BCUT2D eigenvalue weighted by atomic mass is 10.4. The van der Waals surface area contributed by atoms with Crippen molar-refractivity contribution in [2.75, 3.05) is 13.7 Å². The molecule has 3 heteroatoms. The maximum atomic E-state index is 4.78. The van der Waals surface area contributed by atoms with Gasteiger partial charge in [-0.1, -0.05) is 0 Å². The van der Waals surface area contributed by atoms with Crippen molar-refractivity contribution < 1.29 is 4.74 Å². The number of hydrogen-bond donors (Lipinski definition) is 0. The summed E-state index contributed by atoms with van der Waals surface area (Å²) in [6.45, 7) is 0.556. The number of methoxy groups -OCH3 is 1. The van der Waals surface area contributed by atoms with Gasteiger partial charge in [-0.2, -0.15) is 10.5 Å². The summed E-state index contributed by atoms with van der Waals surface area (Å²) in [4.78, 5) is 0. The molecule has 0 aromatic carbocycles. The first-order valence-electron chi connectivity index (χ1n) is 2.35. The lowest BCUT2D eigenvalue weighted by molar-refractivity contribution is 0.245. The molecule has 1 heterocycles. The zero-order chi connectivity index (χ0) is 5.82. The summed E-state index contributed by atoms with van der Waals surface area (Å²) in [7, 11) is 1.63. The highest BCUT2D eigenvalue weighted by molar-refractivity contribution is 5.96. The van der Waals surface area contributed by atoms with Crippen LogP contribution in [0.5, 0.6) is 0 Å². The maximum Gasteiger partial charge on any atom is 0.0903 e. The second-order valence-electron chi connectivity index (χ2n) is 1.46. The fourth-order valence-corrected chi connectivity index (χ4v) is 0.485. The highest BCUT2D eigenvalue weighted by Crippen LogP contribution is 1.89. The monoisotopic (exact) mass is 111 g/mol. The third kappa shape index (κ3) is 1.07. The van der Waals surface area contributed by atoms with Crippen molar-refractivity contribution in [2.24, 2.45) is 5.10 Å². The van der Waals surface area contributed by atoms with E-state index in [4.69, 9.17) is 4.74 Å². The van der Waals surface area contributed by atoms with Gasteiger partial charge in [0.05, 0.1) is 18.5 Å². The topological polar surface area (TPSA) is 35.7 Å². The molecule has 1 aliphatic heterocycles. The van der Waals surface area contributed by atoms with Crippen molar-refractivity contribution in [3.63, 3.8) is 0 Å². The Bertz CT molecular complexity index is 128. The standard InChI is InChI=1S/C5H7N2O/c1-8-4-5-2-3-6-7-5/h2-3H,4H2,1H3. The minimum Gasteiger partial charge on any atom is -0.378 e. The van der Waals surface area contributed by atoms with E-state index in [1.807, 2.05) is 6.08 Å². The Morgan fingerprint density at radius 3 is 3.12 bits per heavy atom. The minimum absolute atomic E-state index is 0.556. The molecule has 8 heavy (non-hydrogen) atoms. The Morgan fingerprint density at radius 1 is 1.75 bits per heavy atom. The smallest absolute Gasteiger partial charge is 0.0903 e. The Morgan fingerprint density at radius 2 is 2.62 bits per heavy atom. The molecule has 43 valence electrons. The summed E-state index contributed by atoms with van der Waals surface area (Å²) in [5.41, 5.74) is 4.49. The van der Waals surface area contributed by atoms with Gasteiger partial charge in [0.15, 0.2) is 0 Å². The van der Waals surface area contributed by atoms with Crippen molar-refractivity contribution >= 4 is 5.71 Å². The van der Waals surface area contributed by atoms with Crippen LogP contribution in [0.3, 0.4) is 0 Å². The van der Waals surface area contributed by atoms with E-state index < -0.39 is 0 Å². The van der Waals surface area contributed by atoms with Gasteiger partial charge in [-0.3, -0.25) is 0 Å². The quantitative estimate of drug-likeness (QED) is 0.498. The summed E-state index contributed by atoms with van der Waals surface area (Å²) in [6.07, 6.45) is 3.47. The van der Waals surface area contributed by atoms with Crippen molar-refractivity contribution in [3.8, 4) is 0 Å². The van der Waals surface area contributed by atoms with E-state index in [0.29, 0.717) is 6.61 Å². The SMILES string of the molecule is COCC1=N[N]C=C1. The van der Waals surface area contributed by atoms with Crippen LogP contribution in [0.2, 0.25) is 0 Å². The van der Waals surface area contributed by atoms with Crippen LogP contribution < -0.4 is 5.43 Å². The van der Waals surface area contributed by atoms with Crippen LogP contribution in [-0.4, -0.2) is 19.4 Å². The summed E-state index contributed by atoms with van der Waals surface area (Å²) in [6, 6.07) is 0. The highest BCUT2D eigenvalue weighted by atomic mass is 16.5. The molecule has 0 aromatic heterocycles. The largest absolute Gasteiger partial charge is 0.378 e. The summed E-state index contributed by atoms with van der Waals surface area (Å²) in [5, 5.41) is 3.73. The van der Waals surface area contributed by atoms with E-state index in [-0.39, 0.29) is 0 Å². The first-order valence-corrected chi connectivity index (χ1v) is 2.35. The van der Waals surface area contributed by atoms with Crippen LogP contribution >= 0.6 is 0 Å². The molecule has 1 aliphatic rings. The van der Waals surface area contributed by atoms with Crippen LogP contribution in [0.15, 0.2) is 17.4 Å². The van der Waals surface area contributed by atoms with Gasteiger partial charge < -0.3 is 4.74 Å². The maximum absolute atomic E-state index is 4.78. The van der Waals surface area contributed by atoms with Gasteiger partial charge in [0, 0.05) is 7.11 Å². The number of nitrogens with zero attached hydrogens (tertiary/aromatic N) is 2. The van der Waals surface area contributed by atoms with E-state index in [0.717, 1.165) is 5.71 Å². The molecule has 0 atom stereocenters. The third-order valence-corrected chi connectivity index (χ3v) is 0.812. The van der Waals surface area contributed by atoms with Crippen molar-refractivity contribution in [1.82, 2.24) is 5.43 Å². The molecule has 0 N–H and O–H groups in total. The van der Waals surface area contributed by atoms with E-state index in [1.54, 1.807) is 13.3 Å². The fraction of sp³-hybridized carbons (Fsp3) is 0.400. The van der Waals surface area contributed by atoms with Crippen LogP contribution in [-0.2, 0) is 4.74 Å². The molecule has 0 unspecified atom stereocenters. The molecule has 0 saturated carbocycles. The van der Waals surface area contributed by atoms with Gasteiger partial charge in [0.2, 0.25) is 0 Å². The number of hydrogen-bond acceptors (Lipinski definition) is 2. The number of ether oxygens (including phenoxy) is 1. The Labute approximate surface area is 48.0 Å². The van der Waals surface area contributed by atoms with Gasteiger partial charge in [0.1, 0.15) is 0 Å². The van der Waals surface area contributed by atoms with Crippen molar-refractivity contribution in [3.05, 3.63) is 12.3 Å². The molecule has 0 aromatic rings. The zero-order valence-electron chi connectivity index (χ0n) is 4.66. The summed E-state index contributed by atoms with van der Waals surface area (Å²) < 4.78 is 4.78. The predicted octanol–water partition coefficient (Wildman–Crippen LogP) is 0.121. The van der Waals surface area contributed by atoms with Gasteiger partial charge in [-0.05, 0) is 6.08 Å². The first kappa shape index (κ1) is 5.31. The summed E-state index contributed by atoms with van der Waals surface area (Å²) in [5.74, 6) is 0. The molecule has 1 radical (unpaired) electrons. The van der Waals surface area contributed by atoms with Crippen molar-refractivity contribution in [1.29, 1.82) is 0 Å². The lowest BCUT2D eigenvalue weighted by Gasteiger charge is -1.89. The van der Waals surface area contributed by atoms with Crippen LogP contribution in [0.4, 0.5) is 0 Å². The van der Waals surface area contributed by atoms with Gasteiger partial charge in [-0.15, -0.1) is 0 Å². The zero-order valence-corrected chi connectivity index (χ0v) is 4.66. The van der Waals surface area contributed by atoms with Gasteiger partial charge >= 0.3 is 0 Å². The van der Waals surface area contributed by atoms with Gasteiger partial charge in [0.25, 0.3) is 0 Å². The predicted molar refractivity (Wildman–Crippen MR) is 30.6 cm³/mol. The molecular weight excluding hydrogens is 104 g/mol. The molecule has 0 aliphatic carbocycles. The number of rotatable bonds is 2. The molecule has 0 amide bonds. The van der Waals surface area contributed by atoms with Crippen LogP contribution in [0.25, 0.3) is 0 Å². The lowest BCUT2D eigenvalue weighted by Crippen LogP contribution is -2.00. The second kappa shape index (κ2) is 2.47. The molecule has 0 fully saturated rings. The Balaban J connectivity index is 2.34. The molecule has 0 spiro atoms. The van der Waals surface area contributed by atoms with E-state index in [2.05, 4.69) is 10.5 Å². The molecule has 1 rings (SSSR count). The Kier molecular flexibility index (Phi) is 1.64. The van der Waals surface area contributed by atoms with Crippen LogP contribution in [0, 0.1) is 0 Å². The summed E-state index contributed by atoms with van der Waals surface area (Å²) >= 11 is 0. The third-order valence-electron chi connectivity index (χ3n) is 0.812. The van der Waals surface area contributed by atoms with E-state index in [9.17, 15) is 0 Å². The Hall–Kier alpha value is -0.830. The highest BCUT2D eigenvalue weighted by Gasteiger charge is 1.96. The van der Waals surface area contributed by atoms with Gasteiger partial charge in [-0.25, -0.2) is 0 Å². The normalized spacial score (nSPS) is 15.9. The molecule has 3 nitrogen and oxygen atoms in total. The van der Waals surface area contributed by atoms with E-state index >= 15 is 0 Å².